The number of aryl methyl sites for hydroxylation is 1. The van der Waals surface area contributed by atoms with E-state index in [2.05, 4.69) is 5.32 Å². The number of nitrogens with one attached hydrogen (secondary N) is 1. The second-order valence-corrected chi connectivity index (χ2v) is 9.63. The molecule has 3 aromatic rings. The maximum atomic E-state index is 14.6. The van der Waals surface area contributed by atoms with Crippen LogP contribution in [-0.4, -0.2) is 34.6 Å². The summed E-state index contributed by atoms with van der Waals surface area (Å²) in [4.78, 5) is 29.3. The molecular weight excluding hydrogens is 447 g/mol. The first-order valence-electron chi connectivity index (χ1n) is 11.4. The maximum Gasteiger partial charge on any atom is 0.243 e. The summed E-state index contributed by atoms with van der Waals surface area (Å²) in [7, 11) is 0. The van der Waals surface area contributed by atoms with Crippen LogP contribution in [0.25, 0.3) is 0 Å². The fourth-order valence-corrected chi connectivity index (χ4v) is 4.39. The van der Waals surface area contributed by atoms with Gasteiger partial charge in [0.05, 0.1) is 5.75 Å². The molecule has 0 fully saturated rings. The molecule has 34 heavy (non-hydrogen) atoms. The summed E-state index contributed by atoms with van der Waals surface area (Å²) in [6, 6.07) is 23.1. The molecular formula is C28H31FN2O2S. The first-order chi connectivity index (χ1) is 16.3. The van der Waals surface area contributed by atoms with E-state index >= 15 is 0 Å². The van der Waals surface area contributed by atoms with Crippen molar-refractivity contribution in [1.82, 2.24) is 10.2 Å². The van der Waals surface area contributed by atoms with E-state index in [1.54, 1.807) is 18.2 Å². The van der Waals surface area contributed by atoms with Gasteiger partial charge >= 0.3 is 0 Å². The smallest absolute Gasteiger partial charge is 0.243 e. The third kappa shape index (κ3) is 7.45. The molecule has 0 saturated heterocycles. The molecule has 1 atom stereocenters. The zero-order chi connectivity index (χ0) is 24.5. The number of hydrogen-bond donors (Lipinski definition) is 1. The zero-order valence-electron chi connectivity index (χ0n) is 19.8. The first-order valence-corrected chi connectivity index (χ1v) is 12.4. The lowest BCUT2D eigenvalue weighted by molar-refractivity contribution is -0.139. The minimum Gasteiger partial charge on any atom is -0.352 e. The van der Waals surface area contributed by atoms with Gasteiger partial charge in [0.2, 0.25) is 11.8 Å². The Bertz CT molecular complexity index is 1090. The van der Waals surface area contributed by atoms with Crippen molar-refractivity contribution in [2.45, 2.75) is 50.7 Å². The molecule has 4 nitrogen and oxygen atoms in total. The first kappa shape index (κ1) is 25.5. The van der Waals surface area contributed by atoms with Crippen molar-refractivity contribution < 1.29 is 14.0 Å². The lowest BCUT2D eigenvalue weighted by Gasteiger charge is -2.32. The number of hydrogen-bond acceptors (Lipinski definition) is 3. The minimum absolute atomic E-state index is 0.0168. The van der Waals surface area contributed by atoms with Crippen molar-refractivity contribution >= 4 is 23.6 Å². The number of rotatable bonds is 10. The molecule has 0 aromatic heterocycles. The van der Waals surface area contributed by atoms with Gasteiger partial charge in [0.25, 0.3) is 0 Å². The Kier molecular flexibility index (Phi) is 9.28. The van der Waals surface area contributed by atoms with Gasteiger partial charge in [0.1, 0.15) is 11.9 Å². The van der Waals surface area contributed by atoms with E-state index in [1.165, 1.54) is 22.7 Å². The van der Waals surface area contributed by atoms with Gasteiger partial charge in [0, 0.05) is 29.5 Å². The summed E-state index contributed by atoms with van der Waals surface area (Å²) in [6.07, 6.45) is 0.342. The molecule has 3 aromatic carbocycles. The van der Waals surface area contributed by atoms with Crippen LogP contribution < -0.4 is 5.32 Å². The van der Waals surface area contributed by atoms with Crippen LogP contribution in [0.3, 0.4) is 0 Å². The Labute approximate surface area is 205 Å². The molecule has 178 valence electrons. The summed E-state index contributed by atoms with van der Waals surface area (Å²) in [5, 5.41) is 2.95. The summed E-state index contributed by atoms with van der Waals surface area (Å²) in [6.45, 7) is 5.79. The summed E-state index contributed by atoms with van der Waals surface area (Å²) in [5.74, 6) is -0.704. The third-order valence-corrected chi connectivity index (χ3v) is 6.38. The number of benzene rings is 3. The Balaban J connectivity index is 1.91. The quantitative estimate of drug-likeness (QED) is 0.398. The highest BCUT2D eigenvalue weighted by molar-refractivity contribution is 8.00. The number of thioether (sulfide) groups is 1. The average Bonchev–Trinajstić information content (AvgIpc) is 2.82. The molecule has 1 N–H and O–H groups in total. The van der Waals surface area contributed by atoms with E-state index in [9.17, 15) is 14.0 Å². The van der Waals surface area contributed by atoms with E-state index in [0.717, 1.165) is 16.0 Å². The van der Waals surface area contributed by atoms with Gasteiger partial charge in [-0.3, -0.25) is 9.59 Å². The minimum atomic E-state index is -0.768. The third-order valence-electron chi connectivity index (χ3n) is 5.38. The Morgan fingerprint density at radius 1 is 0.941 bits per heavy atom. The lowest BCUT2D eigenvalue weighted by Crippen LogP contribution is -2.52. The van der Waals surface area contributed by atoms with E-state index in [1.807, 2.05) is 75.4 Å². The van der Waals surface area contributed by atoms with Gasteiger partial charge in [-0.1, -0.05) is 66.2 Å². The van der Waals surface area contributed by atoms with Gasteiger partial charge in [-0.05, 0) is 44.5 Å². The summed E-state index contributed by atoms with van der Waals surface area (Å²) >= 11 is 1.41. The SMILES string of the molecule is Cc1ccc(SCC(=O)N(Cc2ccccc2F)C(Cc2ccccc2)C(=O)NC(C)C)cc1. The largest absolute Gasteiger partial charge is 0.352 e. The predicted molar refractivity (Wildman–Crippen MR) is 136 cm³/mol. The number of carbonyl (C=O) groups excluding carboxylic acids is 2. The normalized spacial score (nSPS) is 11.8. The van der Waals surface area contributed by atoms with Gasteiger partial charge in [-0.15, -0.1) is 11.8 Å². The second-order valence-electron chi connectivity index (χ2n) is 8.58. The Morgan fingerprint density at radius 3 is 2.24 bits per heavy atom. The lowest BCUT2D eigenvalue weighted by atomic mass is 10.0. The van der Waals surface area contributed by atoms with Crippen LogP contribution in [0.1, 0.15) is 30.5 Å². The van der Waals surface area contributed by atoms with Crippen molar-refractivity contribution in [2.75, 3.05) is 5.75 Å². The standard InChI is InChI=1S/C28H31FN2O2S/c1-20(2)30-28(33)26(17-22-9-5-4-6-10-22)31(18-23-11-7-8-12-25(23)29)27(32)19-34-24-15-13-21(3)14-16-24/h4-16,20,26H,17-19H2,1-3H3,(H,30,33). The molecule has 0 saturated carbocycles. The van der Waals surface area contributed by atoms with E-state index in [4.69, 9.17) is 0 Å². The molecule has 2 amide bonds. The van der Waals surface area contributed by atoms with E-state index in [0.29, 0.717) is 12.0 Å². The second kappa shape index (κ2) is 12.4. The number of amides is 2. The van der Waals surface area contributed by atoms with E-state index < -0.39 is 11.9 Å². The topological polar surface area (TPSA) is 49.4 Å². The molecule has 0 heterocycles. The molecule has 1 unspecified atom stereocenters. The molecule has 6 heteroatoms. The molecule has 0 spiro atoms. The highest BCUT2D eigenvalue weighted by Crippen LogP contribution is 2.22. The Hall–Kier alpha value is -3.12. The molecule has 0 aliphatic carbocycles. The summed E-state index contributed by atoms with van der Waals surface area (Å²) in [5.41, 5.74) is 2.46. The van der Waals surface area contributed by atoms with Crippen LogP contribution in [0.4, 0.5) is 4.39 Å². The Morgan fingerprint density at radius 2 is 1.59 bits per heavy atom. The van der Waals surface area contributed by atoms with Gasteiger partial charge in [0.15, 0.2) is 0 Å². The number of nitrogens with zero attached hydrogens (tertiary/aromatic N) is 1. The van der Waals surface area contributed by atoms with Crippen molar-refractivity contribution in [3.63, 3.8) is 0 Å². The van der Waals surface area contributed by atoms with Gasteiger partial charge in [-0.25, -0.2) is 4.39 Å². The zero-order valence-corrected chi connectivity index (χ0v) is 20.6. The van der Waals surface area contributed by atoms with Crippen molar-refractivity contribution in [2.24, 2.45) is 0 Å². The molecule has 3 rings (SSSR count). The van der Waals surface area contributed by atoms with Crippen molar-refractivity contribution in [1.29, 1.82) is 0 Å². The van der Waals surface area contributed by atoms with Crippen LogP contribution in [0.15, 0.2) is 83.8 Å². The van der Waals surface area contributed by atoms with Crippen LogP contribution in [0, 0.1) is 12.7 Å². The monoisotopic (exact) mass is 478 g/mol. The molecule has 0 bridgehead atoms. The summed E-state index contributed by atoms with van der Waals surface area (Å²) < 4.78 is 14.6. The predicted octanol–water partition coefficient (Wildman–Crippen LogP) is 5.39. The highest BCUT2D eigenvalue weighted by Gasteiger charge is 2.31. The van der Waals surface area contributed by atoms with Gasteiger partial charge < -0.3 is 10.2 Å². The van der Waals surface area contributed by atoms with Crippen molar-refractivity contribution in [3.8, 4) is 0 Å². The maximum absolute atomic E-state index is 14.6. The fourth-order valence-electron chi connectivity index (χ4n) is 3.61. The van der Waals surface area contributed by atoms with E-state index in [-0.39, 0.29) is 30.2 Å². The number of halogens is 1. The highest BCUT2D eigenvalue weighted by atomic mass is 32.2. The molecule has 0 aliphatic heterocycles. The van der Waals surface area contributed by atoms with Crippen LogP contribution >= 0.6 is 11.8 Å². The fraction of sp³-hybridized carbons (Fsp3) is 0.286. The molecule has 0 aliphatic rings. The average molecular weight is 479 g/mol. The number of carbonyl (C=O) groups is 2. The van der Waals surface area contributed by atoms with Crippen molar-refractivity contribution in [3.05, 3.63) is 101 Å². The van der Waals surface area contributed by atoms with Crippen LogP contribution in [0.5, 0.6) is 0 Å². The van der Waals surface area contributed by atoms with Gasteiger partial charge in [-0.2, -0.15) is 0 Å². The van der Waals surface area contributed by atoms with Crippen LogP contribution in [-0.2, 0) is 22.6 Å². The molecule has 0 radical (unpaired) electrons. The van der Waals surface area contributed by atoms with Crippen LogP contribution in [0.2, 0.25) is 0 Å².